The molecule has 0 unspecified atom stereocenters. The molecule has 4 rings (SSSR count). The first-order valence-electron chi connectivity index (χ1n) is 9.49. The van der Waals surface area contributed by atoms with E-state index < -0.39 is 0 Å². The van der Waals surface area contributed by atoms with Crippen LogP contribution in [0.2, 0.25) is 5.02 Å². The fourth-order valence-corrected chi connectivity index (χ4v) is 3.63. The van der Waals surface area contributed by atoms with Crippen LogP contribution < -0.4 is 14.8 Å². The van der Waals surface area contributed by atoms with Crippen molar-refractivity contribution < 1.29 is 9.47 Å². The summed E-state index contributed by atoms with van der Waals surface area (Å²) in [4.78, 5) is 0. The topological polar surface area (TPSA) is 30.5 Å². The Morgan fingerprint density at radius 3 is 2.45 bits per heavy atom. The zero-order valence-corrected chi connectivity index (χ0v) is 16.9. The van der Waals surface area contributed by atoms with Crippen molar-refractivity contribution >= 4 is 28.1 Å². The smallest absolute Gasteiger partial charge is 0.180 e. The zero-order valence-electron chi connectivity index (χ0n) is 16.2. The number of anilines is 1. The molecular weight excluding hydrogens is 382 g/mol. The standard InChI is InChI=1S/C25H22ClNO2/c1-28-24-15-18(16-27-21-11-3-2-4-12-21)14-23(26)25(24)29-17-20-10-7-9-19-8-5-6-13-22(19)20/h2-15,27H,16-17H2,1H3. The molecule has 1 N–H and O–H groups in total. The highest BCUT2D eigenvalue weighted by molar-refractivity contribution is 6.32. The normalized spacial score (nSPS) is 10.7. The van der Waals surface area contributed by atoms with Crippen molar-refractivity contribution in [3.63, 3.8) is 0 Å². The Kier molecular flexibility index (Phi) is 5.87. The van der Waals surface area contributed by atoms with Gasteiger partial charge in [-0.25, -0.2) is 0 Å². The van der Waals surface area contributed by atoms with Gasteiger partial charge in [0.15, 0.2) is 11.5 Å². The number of fused-ring (bicyclic) bond motifs is 1. The molecule has 0 spiro atoms. The predicted octanol–water partition coefficient (Wildman–Crippen LogP) is 6.69. The van der Waals surface area contributed by atoms with Crippen LogP contribution in [-0.4, -0.2) is 7.11 Å². The molecule has 0 saturated heterocycles. The number of para-hydroxylation sites is 1. The number of nitrogens with one attached hydrogen (secondary N) is 1. The van der Waals surface area contributed by atoms with Crippen LogP contribution >= 0.6 is 11.6 Å². The first-order valence-corrected chi connectivity index (χ1v) is 9.87. The summed E-state index contributed by atoms with van der Waals surface area (Å²) < 4.78 is 11.7. The van der Waals surface area contributed by atoms with Crippen molar-refractivity contribution in [2.45, 2.75) is 13.2 Å². The quantitative estimate of drug-likeness (QED) is 0.372. The van der Waals surface area contributed by atoms with Gasteiger partial charge >= 0.3 is 0 Å². The van der Waals surface area contributed by atoms with Gasteiger partial charge in [-0.3, -0.25) is 0 Å². The zero-order chi connectivity index (χ0) is 20.1. The van der Waals surface area contributed by atoms with Crippen LogP contribution in [-0.2, 0) is 13.2 Å². The first-order chi connectivity index (χ1) is 14.2. The molecule has 0 fully saturated rings. The lowest BCUT2D eigenvalue weighted by Gasteiger charge is -2.15. The molecule has 0 aliphatic carbocycles. The molecule has 0 aliphatic heterocycles. The van der Waals surface area contributed by atoms with Crippen molar-refractivity contribution in [2.75, 3.05) is 12.4 Å². The van der Waals surface area contributed by atoms with E-state index in [-0.39, 0.29) is 0 Å². The molecule has 3 nitrogen and oxygen atoms in total. The van der Waals surface area contributed by atoms with Gasteiger partial charge in [0.25, 0.3) is 0 Å². The number of ether oxygens (including phenoxy) is 2. The summed E-state index contributed by atoms with van der Waals surface area (Å²) in [7, 11) is 1.63. The van der Waals surface area contributed by atoms with E-state index in [2.05, 4.69) is 29.6 Å². The third-order valence-corrected chi connectivity index (χ3v) is 5.09. The van der Waals surface area contributed by atoms with E-state index in [1.165, 1.54) is 10.8 Å². The van der Waals surface area contributed by atoms with E-state index in [9.17, 15) is 0 Å². The fourth-order valence-electron chi connectivity index (χ4n) is 3.34. The maximum atomic E-state index is 6.55. The number of halogens is 1. The van der Waals surface area contributed by atoms with E-state index in [0.717, 1.165) is 16.8 Å². The Labute approximate surface area is 175 Å². The van der Waals surface area contributed by atoms with Crippen molar-refractivity contribution in [1.82, 2.24) is 0 Å². The van der Waals surface area contributed by atoms with E-state index in [0.29, 0.717) is 29.7 Å². The first kappa shape index (κ1) is 19.2. The van der Waals surface area contributed by atoms with Crippen molar-refractivity contribution in [1.29, 1.82) is 0 Å². The number of rotatable bonds is 7. The van der Waals surface area contributed by atoms with E-state index in [1.54, 1.807) is 7.11 Å². The van der Waals surface area contributed by atoms with Crippen LogP contribution in [0.5, 0.6) is 11.5 Å². The molecule has 0 amide bonds. The van der Waals surface area contributed by atoms with Crippen LogP contribution in [0.4, 0.5) is 5.69 Å². The van der Waals surface area contributed by atoms with Gasteiger partial charge in [-0.05, 0) is 46.2 Å². The third kappa shape index (κ3) is 4.47. The van der Waals surface area contributed by atoms with Gasteiger partial charge in [-0.2, -0.15) is 0 Å². The highest BCUT2D eigenvalue weighted by atomic mass is 35.5. The van der Waals surface area contributed by atoms with Gasteiger partial charge < -0.3 is 14.8 Å². The minimum Gasteiger partial charge on any atom is -0.493 e. The molecule has 0 atom stereocenters. The summed E-state index contributed by atoms with van der Waals surface area (Å²) in [5.74, 6) is 1.19. The molecule has 0 radical (unpaired) electrons. The van der Waals surface area contributed by atoms with E-state index >= 15 is 0 Å². The molecule has 4 aromatic rings. The van der Waals surface area contributed by atoms with Crippen molar-refractivity contribution in [3.05, 3.63) is 101 Å². The molecule has 146 valence electrons. The number of hydrogen-bond acceptors (Lipinski definition) is 3. The largest absolute Gasteiger partial charge is 0.493 e. The Morgan fingerprint density at radius 1 is 0.862 bits per heavy atom. The predicted molar refractivity (Wildman–Crippen MR) is 120 cm³/mol. The summed E-state index contributed by atoms with van der Waals surface area (Å²) in [6, 6.07) is 28.4. The van der Waals surface area contributed by atoms with Crippen LogP contribution in [0.3, 0.4) is 0 Å². The summed E-state index contributed by atoms with van der Waals surface area (Å²) in [5, 5.41) is 6.28. The number of benzene rings is 4. The van der Waals surface area contributed by atoms with Crippen molar-refractivity contribution in [3.8, 4) is 11.5 Å². The minimum atomic E-state index is 0.416. The van der Waals surface area contributed by atoms with Gasteiger partial charge in [0.2, 0.25) is 0 Å². The Hall–Kier alpha value is -3.17. The maximum absolute atomic E-state index is 6.55. The Morgan fingerprint density at radius 2 is 1.62 bits per heavy atom. The van der Waals surface area contributed by atoms with E-state index in [1.807, 2.05) is 60.7 Å². The molecule has 0 bridgehead atoms. The van der Waals surface area contributed by atoms with Gasteiger partial charge in [0.1, 0.15) is 6.61 Å². The average Bonchev–Trinajstić information content (AvgIpc) is 2.77. The summed E-state index contributed by atoms with van der Waals surface area (Å²) in [5.41, 5.74) is 3.18. The van der Waals surface area contributed by atoms with Gasteiger partial charge in [0.05, 0.1) is 12.1 Å². The number of hydrogen-bond donors (Lipinski definition) is 1. The van der Waals surface area contributed by atoms with Crippen LogP contribution in [0.25, 0.3) is 10.8 Å². The third-order valence-electron chi connectivity index (χ3n) is 4.81. The highest BCUT2D eigenvalue weighted by Gasteiger charge is 2.13. The second-order valence-corrected chi connectivity index (χ2v) is 7.16. The minimum absolute atomic E-state index is 0.416. The number of methoxy groups -OCH3 is 1. The molecule has 4 aromatic carbocycles. The van der Waals surface area contributed by atoms with Crippen molar-refractivity contribution in [2.24, 2.45) is 0 Å². The molecule has 0 aliphatic rings. The monoisotopic (exact) mass is 403 g/mol. The molecule has 0 heterocycles. The van der Waals surface area contributed by atoms with Crippen LogP contribution in [0, 0.1) is 0 Å². The van der Waals surface area contributed by atoms with Gasteiger partial charge in [-0.1, -0.05) is 72.3 Å². The molecule has 29 heavy (non-hydrogen) atoms. The SMILES string of the molecule is COc1cc(CNc2ccccc2)cc(Cl)c1OCc1cccc2ccccc12. The maximum Gasteiger partial charge on any atom is 0.180 e. The molecule has 0 saturated carbocycles. The fraction of sp³-hybridized carbons (Fsp3) is 0.120. The van der Waals surface area contributed by atoms with E-state index in [4.69, 9.17) is 21.1 Å². The molecule has 4 heteroatoms. The second kappa shape index (κ2) is 8.89. The lowest BCUT2D eigenvalue weighted by Crippen LogP contribution is -2.03. The Bertz CT molecular complexity index is 1110. The van der Waals surface area contributed by atoms with Crippen LogP contribution in [0.15, 0.2) is 84.9 Å². The summed E-state index contributed by atoms with van der Waals surface area (Å²) in [6.45, 7) is 1.06. The van der Waals surface area contributed by atoms with Gasteiger partial charge in [0, 0.05) is 12.2 Å². The molecule has 0 aromatic heterocycles. The van der Waals surface area contributed by atoms with Gasteiger partial charge in [-0.15, -0.1) is 0 Å². The lowest BCUT2D eigenvalue weighted by molar-refractivity contribution is 0.285. The van der Waals surface area contributed by atoms with Crippen LogP contribution in [0.1, 0.15) is 11.1 Å². The molecular formula is C25H22ClNO2. The second-order valence-electron chi connectivity index (χ2n) is 6.76. The average molecular weight is 404 g/mol. The summed E-state index contributed by atoms with van der Waals surface area (Å²) in [6.07, 6.45) is 0. The highest BCUT2D eigenvalue weighted by Crippen LogP contribution is 2.37. The Balaban J connectivity index is 1.52. The lowest BCUT2D eigenvalue weighted by atomic mass is 10.1. The summed E-state index contributed by atoms with van der Waals surface area (Å²) >= 11 is 6.55.